The molecule has 5 nitrogen and oxygen atoms in total. The SMILES string of the molecule is CCNc1ncnc(N(CCO)C2CCCC2)c1CC. The Morgan fingerprint density at radius 3 is 2.65 bits per heavy atom. The Kier molecular flexibility index (Phi) is 5.59. The van der Waals surface area contributed by atoms with Gasteiger partial charge in [-0.15, -0.1) is 0 Å². The zero-order chi connectivity index (χ0) is 14.4. The van der Waals surface area contributed by atoms with Gasteiger partial charge in [0.1, 0.15) is 18.0 Å². The summed E-state index contributed by atoms with van der Waals surface area (Å²) in [5.41, 5.74) is 1.16. The average Bonchev–Trinajstić information content (AvgIpc) is 2.99. The summed E-state index contributed by atoms with van der Waals surface area (Å²) in [7, 11) is 0. The molecule has 112 valence electrons. The largest absolute Gasteiger partial charge is 0.395 e. The van der Waals surface area contributed by atoms with Crippen molar-refractivity contribution in [3.63, 3.8) is 0 Å². The quantitative estimate of drug-likeness (QED) is 0.801. The van der Waals surface area contributed by atoms with Gasteiger partial charge < -0.3 is 15.3 Å². The van der Waals surface area contributed by atoms with E-state index in [-0.39, 0.29) is 6.61 Å². The number of nitrogens with one attached hydrogen (secondary N) is 1. The maximum absolute atomic E-state index is 9.39. The third kappa shape index (κ3) is 3.20. The van der Waals surface area contributed by atoms with E-state index >= 15 is 0 Å². The van der Waals surface area contributed by atoms with Crippen LogP contribution in [0.5, 0.6) is 0 Å². The first-order valence-electron chi connectivity index (χ1n) is 7.77. The maximum Gasteiger partial charge on any atom is 0.137 e. The molecule has 0 bridgehead atoms. The van der Waals surface area contributed by atoms with Crippen molar-refractivity contribution in [2.24, 2.45) is 0 Å². The van der Waals surface area contributed by atoms with E-state index in [9.17, 15) is 5.11 Å². The predicted octanol–water partition coefficient (Wildman–Crippen LogP) is 2.21. The van der Waals surface area contributed by atoms with Gasteiger partial charge in [0.05, 0.1) is 6.61 Å². The van der Waals surface area contributed by atoms with Gasteiger partial charge in [-0.1, -0.05) is 19.8 Å². The fourth-order valence-corrected chi connectivity index (χ4v) is 3.08. The normalized spacial score (nSPS) is 15.6. The minimum absolute atomic E-state index is 0.167. The molecule has 1 fully saturated rings. The number of rotatable bonds is 7. The summed E-state index contributed by atoms with van der Waals surface area (Å²) in [6, 6.07) is 0.511. The lowest BCUT2D eigenvalue weighted by atomic mass is 10.1. The first-order valence-corrected chi connectivity index (χ1v) is 7.77. The van der Waals surface area contributed by atoms with Crippen LogP contribution in [0.1, 0.15) is 45.1 Å². The Balaban J connectivity index is 2.33. The average molecular weight is 278 g/mol. The highest BCUT2D eigenvalue weighted by molar-refractivity contribution is 5.59. The van der Waals surface area contributed by atoms with Gasteiger partial charge in [0.25, 0.3) is 0 Å². The van der Waals surface area contributed by atoms with Crippen LogP contribution in [0.25, 0.3) is 0 Å². The highest BCUT2D eigenvalue weighted by Crippen LogP contribution is 2.31. The summed E-state index contributed by atoms with van der Waals surface area (Å²) in [5.74, 6) is 1.93. The molecular formula is C15H26N4O. The van der Waals surface area contributed by atoms with E-state index in [1.165, 1.54) is 25.7 Å². The van der Waals surface area contributed by atoms with E-state index in [2.05, 4.69) is 34.0 Å². The monoisotopic (exact) mass is 278 g/mol. The molecule has 2 rings (SSSR count). The van der Waals surface area contributed by atoms with Gasteiger partial charge in [-0.25, -0.2) is 9.97 Å². The molecule has 0 atom stereocenters. The molecule has 0 aromatic carbocycles. The van der Waals surface area contributed by atoms with Gasteiger partial charge in [0, 0.05) is 24.7 Å². The number of hydrogen-bond donors (Lipinski definition) is 2. The van der Waals surface area contributed by atoms with E-state index in [1.54, 1.807) is 6.33 Å². The molecule has 1 saturated carbocycles. The van der Waals surface area contributed by atoms with Gasteiger partial charge in [-0.2, -0.15) is 0 Å². The van der Waals surface area contributed by atoms with Crippen LogP contribution < -0.4 is 10.2 Å². The summed E-state index contributed by atoms with van der Waals surface area (Å²) >= 11 is 0. The topological polar surface area (TPSA) is 61.3 Å². The zero-order valence-corrected chi connectivity index (χ0v) is 12.6. The second-order valence-electron chi connectivity index (χ2n) is 5.26. The Hall–Kier alpha value is -1.36. The molecule has 1 heterocycles. The fourth-order valence-electron chi connectivity index (χ4n) is 3.08. The van der Waals surface area contributed by atoms with E-state index in [4.69, 9.17) is 0 Å². The minimum atomic E-state index is 0.167. The molecule has 1 aliphatic carbocycles. The Morgan fingerprint density at radius 1 is 1.30 bits per heavy atom. The summed E-state index contributed by atoms with van der Waals surface area (Å²) in [6.45, 7) is 5.88. The molecule has 5 heteroatoms. The molecule has 20 heavy (non-hydrogen) atoms. The van der Waals surface area contributed by atoms with Crippen molar-refractivity contribution in [2.75, 3.05) is 29.9 Å². The molecule has 0 radical (unpaired) electrons. The lowest BCUT2D eigenvalue weighted by molar-refractivity contribution is 0.296. The minimum Gasteiger partial charge on any atom is -0.395 e. The van der Waals surface area contributed by atoms with Crippen molar-refractivity contribution in [2.45, 2.75) is 52.0 Å². The molecule has 0 unspecified atom stereocenters. The van der Waals surface area contributed by atoms with E-state index in [0.29, 0.717) is 12.6 Å². The van der Waals surface area contributed by atoms with Crippen molar-refractivity contribution in [3.05, 3.63) is 11.9 Å². The number of hydrogen-bond acceptors (Lipinski definition) is 5. The second kappa shape index (κ2) is 7.43. The Morgan fingerprint density at radius 2 is 2.05 bits per heavy atom. The Labute approximate surface area is 121 Å². The molecular weight excluding hydrogens is 252 g/mol. The van der Waals surface area contributed by atoms with Gasteiger partial charge in [-0.05, 0) is 26.2 Å². The molecule has 0 aliphatic heterocycles. The molecule has 1 aliphatic rings. The molecule has 2 N–H and O–H groups in total. The van der Waals surface area contributed by atoms with Crippen molar-refractivity contribution in [1.29, 1.82) is 0 Å². The standard InChI is InChI=1S/C15H26N4O/c1-3-13-14(16-4-2)17-11-18-15(13)19(9-10-20)12-7-5-6-8-12/h11-12,20H,3-10H2,1-2H3,(H,16,17,18). The van der Waals surface area contributed by atoms with Crippen LogP contribution >= 0.6 is 0 Å². The fraction of sp³-hybridized carbons (Fsp3) is 0.733. The van der Waals surface area contributed by atoms with Gasteiger partial charge >= 0.3 is 0 Å². The van der Waals surface area contributed by atoms with E-state index in [0.717, 1.165) is 30.2 Å². The van der Waals surface area contributed by atoms with Crippen LogP contribution in [0.4, 0.5) is 11.6 Å². The van der Waals surface area contributed by atoms with Gasteiger partial charge in [0.15, 0.2) is 0 Å². The van der Waals surface area contributed by atoms with Crippen LogP contribution in [0.15, 0.2) is 6.33 Å². The second-order valence-corrected chi connectivity index (χ2v) is 5.26. The van der Waals surface area contributed by atoms with Gasteiger partial charge in [0.2, 0.25) is 0 Å². The van der Waals surface area contributed by atoms with Crippen LogP contribution in [-0.4, -0.2) is 40.8 Å². The smallest absolute Gasteiger partial charge is 0.137 e. The van der Waals surface area contributed by atoms with Crippen LogP contribution in [0, 0.1) is 0 Å². The lowest BCUT2D eigenvalue weighted by Crippen LogP contribution is -2.37. The van der Waals surface area contributed by atoms with Crippen molar-refractivity contribution in [1.82, 2.24) is 9.97 Å². The summed E-state index contributed by atoms with van der Waals surface area (Å²) in [5, 5.41) is 12.7. The van der Waals surface area contributed by atoms with Crippen LogP contribution in [0.3, 0.4) is 0 Å². The number of aliphatic hydroxyl groups excluding tert-OH is 1. The van der Waals surface area contributed by atoms with Crippen molar-refractivity contribution in [3.8, 4) is 0 Å². The Bertz CT molecular complexity index is 418. The van der Waals surface area contributed by atoms with E-state index in [1.807, 2.05) is 0 Å². The van der Waals surface area contributed by atoms with Crippen molar-refractivity contribution >= 4 is 11.6 Å². The first kappa shape index (κ1) is 15.0. The van der Waals surface area contributed by atoms with Gasteiger partial charge in [-0.3, -0.25) is 0 Å². The third-order valence-corrected chi connectivity index (χ3v) is 4.00. The third-order valence-electron chi connectivity index (χ3n) is 4.00. The lowest BCUT2D eigenvalue weighted by Gasteiger charge is -2.31. The highest BCUT2D eigenvalue weighted by Gasteiger charge is 2.25. The number of aliphatic hydroxyl groups is 1. The first-order chi connectivity index (χ1) is 9.81. The summed E-state index contributed by atoms with van der Waals surface area (Å²) < 4.78 is 0. The number of nitrogens with zero attached hydrogens (tertiary/aromatic N) is 3. The molecule has 0 amide bonds. The number of anilines is 2. The summed E-state index contributed by atoms with van der Waals surface area (Å²) in [6.07, 6.45) is 7.48. The molecule has 1 aromatic rings. The van der Waals surface area contributed by atoms with Crippen LogP contribution in [-0.2, 0) is 6.42 Å². The van der Waals surface area contributed by atoms with Crippen LogP contribution in [0.2, 0.25) is 0 Å². The molecule has 1 aromatic heterocycles. The molecule has 0 saturated heterocycles. The maximum atomic E-state index is 9.39. The summed E-state index contributed by atoms with van der Waals surface area (Å²) in [4.78, 5) is 11.2. The molecule has 0 spiro atoms. The predicted molar refractivity (Wildman–Crippen MR) is 82.3 cm³/mol. The highest BCUT2D eigenvalue weighted by atomic mass is 16.3. The zero-order valence-electron chi connectivity index (χ0n) is 12.6. The van der Waals surface area contributed by atoms with Crippen molar-refractivity contribution < 1.29 is 5.11 Å². The number of aromatic nitrogens is 2. The van der Waals surface area contributed by atoms with E-state index < -0.39 is 0 Å².